The summed E-state index contributed by atoms with van der Waals surface area (Å²) in [4.78, 5) is 25.3. The van der Waals surface area contributed by atoms with E-state index in [4.69, 9.17) is 0 Å². The van der Waals surface area contributed by atoms with Gasteiger partial charge >= 0.3 is 6.03 Å². The SMILES string of the molecule is CC(NC(=O)c1ccccc1-c1ccccc1C#N)c1ccc(NC(=O)Nc2ccccc2)cc1. The van der Waals surface area contributed by atoms with Gasteiger partial charge in [0, 0.05) is 22.5 Å². The molecule has 4 rings (SSSR count). The van der Waals surface area contributed by atoms with Crippen LogP contribution < -0.4 is 16.0 Å². The number of carbonyl (C=O) groups is 2. The Kier molecular flexibility index (Phi) is 7.19. The van der Waals surface area contributed by atoms with Crippen molar-refractivity contribution < 1.29 is 9.59 Å². The summed E-state index contributed by atoms with van der Waals surface area (Å²) >= 11 is 0. The molecule has 3 N–H and O–H groups in total. The van der Waals surface area contributed by atoms with Gasteiger partial charge in [0.25, 0.3) is 5.91 Å². The molecule has 3 amide bonds. The zero-order chi connectivity index (χ0) is 24.6. The Morgan fingerprint density at radius 2 is 1.29 bits per heavy atom. The maximum atomic E-state index is 13.1. The van der Waals surface area contributed by atoms with Crippen molar-refractivity contribution in [3.8, 4) is 17.2 Å². The van der Waals surface area contributed by atoms with Crippen molar-refractivity contribution in [2.24, 2.45) is 0 Å². The number of nitriles is 1. The van der Waals surface area contributed by atoms with Crippen LogP contribution in [0.3, 0.4) is 0 Å². The molecular formula is C29H24N4O2. The maximum Gasteiger partial charge on any atom is 0.323 e. The van der Waals surface area contributed by atoms with E-state index in [-0.39, 0.29) is 18.0 Å². The average molecular weight is 461 g/mol. The van der Waals surface area contributed by atoms with Gasteiger partial charge in [0.1, 0.15) is 0 Å². The molecule has 1 atom stereocenters. The summed E-state index contributed by atoms with van der Waals surface area (Å²) in [7, 11) is 0. The summed E-state index contributed by atoms with van der Waals surface area (Å²) < 4.78 is 0. The van der Waals surface area contributed by atoms with Gasteiger partial charge in [-0.05, 0) is 54.4 Å². The molecule has 0 fully saturated rings. The van der Waals surface area contributed by atoms with Gasteiger partial charge < -0.3 is 16.0 Å². The number of amides is 3. The highest BCUT2D eigenvalue weighted by Crippen LogP contribution is 2.27. The van der Waals surface area contributed by atoms with Gasteiger partial charge in [-0.25, -0.2) is 4.79 Å². The van der Waals surface area contributed by atoms with E-state index in [0.29, 0.717) is 28.1 Å². The third kappa shape index (κ3) is 5.73. The lowest BCUT2D eigenvalue weighted by Crippen LogP contribution is -2.27. The van der Waals surface area contributed by atoms with E-state index in [0.717, 1.165) is 11.1 Å². The molecule has 6 heteroatoms. The quantitative estimate of drug-likeness (QED) is 0.312. The second-order valence-electron chi connectivity index (χ2n) is 7.97. The fourth-order valence-electron chi connectivity index (χ4n) is 3.76. The molecule has 4 aromatic rings. The lowest BCUT2D eigenvalue weighted by Gasteiger charge is -2.17. The monoisotopic (exact) mass is 460 g/mol. The van der Waals surface area contributed by atoms with Crippen LogP contribution in [0.15, 0.2) is 103 Å². The number of carbonyl (C=O) groups excluding carboxylic acids is 2. The summed E-state index contributed by atoms with van der Waals surface area (Å²) in [6.45, 7) is 1.90. The molecule has 0 spiro atoms. The van der Waals surface area contributed by atoms with Crippen molar-refractivity contribution in [1.82, 2.24) is 5.32 Å². The number of urea groups is 1. The van der Waals surface area contributed by atoms with E-state index >= 15 is 0 Å². The van der Waals surface area contributed by atoms with Gasteiger partial charge in [-0.3, -0.25) is 4.79 Å². The van der Waals surface area contributed by atoms with E-state index in [1.165, 1.54) is 0 Å². The van der Waals surface area contributed by atoms with Crippen molar-refractivity contribution in [2.45, 2.75) is 13.0 Å². The van der Waals surface area contributed by atoms with Crippen LogP contribution in [0.2, 0.25) is 0 Å². The molecule has 35 heavy (non-hydrogen) atoms. The van der Waals surface area contributed by atoms with E-state index in [2.05, 4.69) is 22.0 Å². The smallest absolute Gasteiger partial charge is 0.323 e. The highest BCUT2D eigenvalue weighted by Gasteiger charge is 2.17. The lowest BCUT2D eigenvalue weighted by atomic mass is 9.95. The summed E-state index contributed by atoms with van der Waals surface area (Å²) in [5.41, 5.74) is 4.67. The Hall–Kier alpha value is -4.89. The molecule has 0 saturated heterocycles. The Morgan fingerprint density at radius 3 is 1.97 bits per heavy atom. The first kappa shape index (κ1) is 23.3. The van der Waals surface area contributed by atoms with E-state index in [1.807, 2.05) is 73.7 Å². The maximum absolute atomic E-state index is 13.1. The van der Waals surface area contributed by atoms with Gasteiger partial charge in [-0.15, -0.1) is 0 Å². The molecule has 172 valence electrons. The zero-order valence-corrected chi connectivity index (χ0v) is 19.2. The highest BCUT2D eigenvalue weighted by atomic mass is 16.2. The van der Waals surface area contributed by atoms with Crippen LogP contribution in [-0.4, -0.2) is 11.9 Å². The fourth-order valence-corrected chi connectivity index (χ4v) is 3.76. The van der Waals surface area contributed by atoms with Crippen molar-refractivity contribution in [2.75, 3.05) is 10.6 Å². The Bertz CT molecular complexity index is 1380. The normalized spacial score (nSPS) is 11.1. The summed E-state index contributed by atoms with van der Waals surface area (Å²) in [6, 6.07) is 32.6. The zero-order valence-electron chi connectivity index (χ0n) is 19.2. The number of nitrogens with zero attached hydrogens (tertiary/aromatic N) is 1. The first-order valence-corrected chi connectivity index (χ1v) is 11.2. The number of nitrogens with one attached hydrogen (secondary N) is 3. The third-order valence-corrected chi connectivity index (χ3v) is 5.56. The third-order valence-electron chi connectivity index (χ3n) is 5.56. The van der Waals surface area contributed by atoms with Gasteiger partial charge in [-0.1, -0.05) is 66.7 Å². The molecule has 0 aromatic heterocycles. The van der Waals surface area contributed by atoms with Crippen LogP contribution >= 0.6 is 0 Å². The van der Waals surface area contributed by atoms with Crippen LogP contribution in [0.4, 0.5) is 16.2 Å². The molecule has 0 aliphatic carbocycles. The second kappa shape index (κ2) is 10.8. The first-order valence-electron chi connectivity index (χ1n) is 11.2. The van der Waals surface area contributed by atoms with Crippen LogP contribution in [0.1, 0.15) is 34.5 Å². The molecule has 0 saturated carbocycles. The van der Waals surface area contributed by atoms with E-state index in [9.17, 15) is 14.9 Å². The number of anilines is 2. The minimum atomic E-state index is -0.334. The largest absolute Gasteiger partial charge is 0.345 e. The standard InChI is InChI=1S/C29H24N4O2/c1-20(21-15-17-24(18-16-21)33-29(35)32-23-10-3-2-4-11-23)31-28(34)27-14-8-7-13-26(27)25-12-6-5-9-22(25)19-30/h2-18,20H,1H3,(H,31,34)(H2,32,33,35). The van der Waals surface area contributed by atoms with Crippen LogP contribution in [-0.2, 0) is 0 Å². The predicted octanol–water partition coefficient (Wildman–Crippen LogP) is 6.36. The van der Waals surface area contributed by atoms with Gasteiger partial charge in [0.2, 0.25) is 0 Å². The molecule has 6 nitrogen and oxygen atoms in total. The minimum Gasteiger partial charge on any atom is -0.345 e. The number of benzene rings is 4. The molecule has 1 unspecified atom stereocenters. The first-order chi connectivity index (χ1) is 17.0. The summed E-state index contributed by atoms with van der Waals surface area (Å²) in [5, 5.41) is 18.1. The number of para-hydroxylation sites is 1. The Morgan fingerprint density at radius 1 is 0.714 bits per heavy atom. The molecule has 4 aromatic carbocycles. The molecule has 0 aliphatic rings. The van der Waals surface area contributed by atoms with Gasteiger partial charge in [0.15, 0.2) is 0 Å². The minimum absolute atomic E-state index is 0.231. The van der Waals surface area contributed by atoms with Crippen molar-refractivity contribution in [1.29, 1.82) is 5.26 Å². The average Bonchev–Trinajstić information content (AvgIpc) is 2.89. The van der Waals surface area contributed by atoms with E-state index in [1.54, 1.807) is 36.4 Å². The van der Waals surface area contributed by atoms with Crippen molar-refractivity contribution in [3.63, 3.8) is 0 Å². The van der Waals surface area contributed by atoms with Gasteiger partial charge in [-0.2, -0.15) is 5.26 Å². The molecule has 0 bridgehead atoms. The highest BCUT2D eigenvalue weighted by molar-refractivity contribution is 6.02. The second-order valence-corrected chi connectivity index (χ2v) is 7.97. The summed E-state index contributed by atoms with van der Waals surface area (Å²) in [6.07, 6.45) is 0. The van der Waals surface area contributed by atoms with Crippen molar-refractivity contribution >= 4 is 23.3 Å². The molecule has 0 heterocycles. The Labute approximate surface area is 204 Å². The van der Waals surface area contributed by atoms with Crippen LogP contribution in [0.25, 0.3) is 11.1 Å². The summed E-state index contributed by atoms with van der Waals surface area (Å²) in [5.74, 6) is -0.231. The van der Waals surface area contributed by atoms with Gasteiger partial charge in [0.05, 0.1) is 17.7 Å². The predicted molar refractivity (Wildman–Crippen MR) is 138 cm³/mol. The lowest BCUT2D eigenvalue weighted by molar-refractivity contribution is 0.0940. The fraction of sp³-hybridized carbons (Fsp3) is 0.0690. The molecule has 0 radical (unpaired) electrons. The number of hydrogen-bond acceptors (Lipinski definition) is 3. The number of hydrogen-bond donors (Lipinski definition) is 3. The van der Waals surface area contributed by atoms with Crippen LogP contribution in [0.5, 0.6) is 0 Å². The van der Waals surface area contributed by atoms with Crippen molar-refractivity contribution in [3.05, 3.63) is 120 Å². The topological polar surface area (TPSA) is 94.0 Å². The molecular weight excluding hydrogens is 436 g/mol. The van der Waals surface area contributed by atoms with Crippen LogP contribution in [0, 0.1) is 11.3 Å². The van der Waals surface area contributed by atoms with E-state index < -0.39 is 0 Å². The number of rotatable bonds is 6. The Balaban J connectivity index is 1.43. The molecule has 0 aliphatic heterocycles.